The number of esters is 2. The quantitative estimate of drug-likeness (QED) is 0.689. The molecule has 7 nitrogen and oxygen atoms in total. The second kappa shape index (κ2) is 10.1. The van der Waals surface area contributed by atoms with E-state index in [4.69, 9.17) is 9.47 Å². The lowest BCUT2D eigenvalue weighted by Crippen LogP contribution is -2.53. The van der Waals surface area contributed by atoms with Crippen LogP contribution >= 0.6 is 0 Å². The van der Waals surface area contributed by atoms with Crippen molar-refractivity contribution in [2.45, 2.75) is 50.7 Å². The Morgan fingerprint density at radius 1 is 1.19 bits per heavy atom. The fraction of sp³-hybridized carbons (Fsp3) is 0.550. The van der Waals surface area contributed by atoms with Gasteiger partial charge in [0.15, 0.2) is 0 Å². The molecule has 0 aromatic heterocycles. The number of hydrogen-bond donors (Lipinski definition) is 1. The molecule has 7 heteroatoms. The molecule has 148 valence electrons. The SMILES string of the molecule is COC(=O)C(CCc1ccccc1)NC(C)C(=O)N1CCCC1C(=O)OC. The number of carbonyl (C=O) groups is 3. The molecule has 1 N–H and O–H groups in total. The summed E-state index contributed by atoms with van der Waals surface area (Å²) in [6.45, 7) is 2.21. The summed E-state index contributed by atoms with van der Waals surface area (Å²) in [5.41, 5.74) is 1.11. The van der Waals surface area contributed by atoms with Crippen LogP contribution in [0.2, 0.25) is 0 Å². The highest BCUT2D eigenvalue weighted by molar-refractivity contribution is 5.88. The summed E-state index contributed by atoms with van der Waals surface area (Å²) in [6, 6.07) is 8.05. The highest BCUT2D eigenvalue weighted by Crippen LogP contribution is 2.19. The summed E-state index contributed by atoms with van der Waals surface area (Å²) in [4.78, 5) is 38.4. The Bertz CT molecular complexity index is 649. The van der Waals surface area contributed by atoms with E-state index in [-0.39, 0.29) is 5.91 Å². The third-order valence-corrected chi connectivity index (χ3v) is 4.88. The van der Waals surface area contributed by atoms with E-state index in [2.05, 4.69) is 5.32 Å². The number of rotatable bonds is 8. The highest BCUT2D eigenvalue weighted by Gasteiger charge is 2.37. The summed E-state index contributed by atoms with van der Waals surface area (Å²) in [6.07, 6.45) is 2.55. The zero-order chi connectivity index (χ0) is 19.8. The van der Waals surface area contributed by atoms with Crippen molar-refractivity contribution in [1.82, 2.24) is 10.2 Å². The molecule has 1 fully saturated rings. The maximum atomic E-state index is 12.8. The Balaban J connectivity index is 1.99. The molecule has 1 saturated heterocycles. The van der Waals surface area contributed by atoms with E-state index in [9.17, 15) is 14.4 Å². The largest absolute Gasteiger partial charge is 0.468 e. The Morgan fingerprint density at radius 3 is 2.52 bits per heavy atom. The van der Waals surface area contributed by atoms with Crippen molar-refractivity contribution < 1.29 is 23.9 Å². The molecule has 3 unspecified atom stereocenters. The van der Waals surface area contributed by atoms with Crippen LogP contribution in [-0.4, -0.2) is 61.6 Å². The van der Waals surface area contributed by atoms with E-state index < -0.39 is 30.1 Å². The number of nitrogens with zero attached hydrogens (tertiary/aromatic N) is 1. The fourth-order valence-electron chi connectivity index (χ4n) is 3.40. The molecule has 3 atom stereocenters. The van der Waals surface area contributed by atoms with Gasteiger partial charge in [-0.05, 0) is 38.2 Å². The van der Waals surface area contributed by atoms with Gasteiger partial charge in [0.2, 0.25) is 5.91 Å². The van der Waals surface area contributed by atoms with Crippen LogP contribution in [0.3, 0.4) is 0 Å². The van der Waals surface area contributed by atoms with Crippen molar-refractivity contribution in [1.29, 1.82) is 0 Å². The van der Waals surface area contributed by atoms with Crippen LogP contribution < -0.4 is 5.32 Å². The first-order valence-corrected chi connectivity index (χ1v) is 9.24. The van der Waals surface area contributed by atoms with Crippen LogP contribution in [0.15, 0.2) is 30.3 Å². The summed E-state index contributed by atoms with van der Waals surface area (Å²) in [5, 5.41) is 3.07. The zero-order valence-corrected chi connectivity index (χ0v) is 16.1. The Kier molecular flexibility index (Phi) is 7.79. The third-order valence-electron chi connectivity index (χ3n) is 4.88. The number of hydrogen-bond acceptors (Lipinski definition) is 6. The Labute approximate surface area is 160 Å². The maximum Gasteiger partial charge on any atom is 0.328 e. The molecule has 0 saturated carbocycles. The number of amides is 1. The van der Waals surface area contributed by atoms with E-state index in [1.54, 1.807) is 6.92 Å². The molecule has 1 amide bonds. The van der Waals surface area contributed by atoms with Gasteiger partial charge in [0.1, 0.15) is 12.1 Å². The maximum absolute atomic E-state index is 12.8. The smallest absolute Gasteiger partial charge is 0.328 e. The summed E-state index contributed by atoms with van der Waals surface area (Å²) in [5.74, 6) is -1.02. The lowest BCUT2D eigenvalue weighted by atomic mass is 10.0. The van der Waals surface area contributed by atoms with Gasteiger partial charge in [-0.25, -0.2) is 4.79 Å². The summed E-state index contributed by atoms with van der Waals surface area (Å²) in [7, 11) is 2.65. The monoisotopic (exact) mass is 376 g/mol. The minimum absolute atomic E-state index is 0.212. The van der Waals surface area contributed by atoms with E-state index in [0.29, 0.717) is 25.8 Å². The normalized spacial score (nSPS) is 18.6. The average Bonchev–Trinajstić information content (AvgIpc) is 3.19. The summed E-state index contributed by atoms with van der Waals surface area (Å²) < 4.78 is 9.67. The molecule has 1 heterocycles. The van der Waals surface area contributed by atoms with Gasteiger partial charge in [0, 0.05) is 6.54 Å². The molecule has 0 radical (unpaired) electrons. The zero-order valence-electron chi connectivity index (χ0n) is 16.1. The van der Waals surface area contributed by atoms with Crippen LogP contribution in [-0.2, 0) is 30.3 Å². The fourth-order valence-corrected chi connectivity index (χ4v) is 3.40. The van der Waals surface area contributed by atoms with Gasteiger partial charge >= 0.3 is 11.9 Å². The molecule has 1 aromatic rings. The van der Waals surface area contributed by atoms with Gasteiger partial charge < -0.3 is 14.4 Å². The second-order valence-electron chi connectivity index (χ2n) is 6.70. The average molecular weight is 376 g/mol. The number of nitrogens with one attached hydrogen (secondary N) is 1. The first-order chi connectivity index (χ1) is 13.0. The van der Waals surface area contributed by atoms with Gasteiger partial charge in [0.25, 0.3) is 0 Å². The first kappa shape index (κ1) is 20.9. The number of methoxy groups -OCH3 is 2. The molecule has 1 aliphatic rings. The van der Waals surface area contributed by atoms with E-state index in [1.807, 2.05) is 30.3 Å². The molecular weight excluding hydrogens is 348 g/mol. The van der Waals surface area contributed by atoms with Crippen molar-refractivity contribution in [3.63, 3.8) is 0 Å². The van der Waals surface area contributed by atoms with Crippen LogP contribution in [0.25, 0.3) is 0 Å². The Morgan fingerprint density at radius 2 is 1.89 bits per heavy atom. The lowest BCUT2D eigenvalue weighted by Gasteiger charge is -2.28. The minimum Gasteiger partial charge on any atom is -0.468 e. The first-order valence-electron chi connectivity index (χ1n) is 9.24. The predicted octanol–water partition coefficient (Wildman–Crippen LogP) is 1.30. The van der Waals surface area contributed by atoms with Crippen molar-refractivity contribution in [2.24, 2.45) is 0 Å². The van der Waals surface area contributed by atoms with Crippen molar-refractivity contribution in [3.8, 4) is 0 Å². The van der Waals surface area contributed by atoms with Gasteiger partial charge in [-0.15, -0.1) is 0 Å². The van der Waals surface area contributed by atoms with Gasteiger partial charge in [0.05, 0.1) is 20.3 Å². The molecule has 1 aromatic carbocycles. The number of aryl methyl sites for hydroxylation is 1. The van der Waals surface area contributed by atoms with Crippen LogP contribution in [0.5, 0.6) is 0 Å². The van der Waals surface area contributed by atoms with Crippen molar-refractivity contribution in [2.75, 3.05) is 20.8 Å². The molecule has 0 aliphatic carbocycles. The molecule has 2 rings (SSSR count). The number of carbonyl (C=O) groups excluding carboxylic acids is 3. The van der Waals surface area contributed by atoms with E-state index in [1.165, 1.54) is 19.1 Å². The van der Waals surface area contributed by atoms with Crippen molar-refractivity contribution >= 4 is 17.8 Å². The van der Waals surface area contributed by atoms with Crippen LogP contribution in [0.1, 0.15) is 31.7 Å². The molecule has 27 heavy (non-hydrogen) atoms. The standard InChI is InChI=1S/C20H28N2O5/c1-14(18(23)22-13-7-10-17(22)20(25)27-3)21-16(19(24)26-2)12-11-15-8-5-4-6-9-15/h4-6,8-9,14,16-17,21H,7,10-13H2,1-3H3. The van der Waals surface area contributed by atoms with Gasteiger partial charge in [-0.3, -0.25) is 14.9 Å². The van der Waals surface area contributed by atoms with Crippen molar-refractivity contribution in [3.05, 3.63) is 35.9 Å². The van der Waals surface area contributed by atoms with E-state index >= 15 is 0 Å². The number of likely N-dealkylation sites (tertiary alicyclic amines) is 1. The lowest BCUT2D eigenvalue weighted by molar-refractivity contribution is -0.152. The van der Waals surface area contributed by atoms with Crippen LogP contribution in [0, 0.1) is 0 Å². The topological polar surface area (TPSA) is 84.9 Å². The molecule has 0 bridgehead atoms. The Hall–Kier alpha value is -2.41. The number of ether oxygens (including phenoxy) is 2. The van der Waals surface area contributed by atoms with Gasteiger partial charge in [-0.1, -0.05) is 30.3 Å². The van der Waals surface area contributed by atoms with E-state index in [0.717, 1.165) is 12.0 Å². The van der Waals surface area contributed by atoms with Crippen LogP contribution in [0.4, 0.5) is 0 Å². The van der Waals surface area contributed by atoms with Gasteiger partial charge in [-0.2, -0.15) is 0 Å². The number of benzene rings is 1. The predicted molar refractivity (Wildman–Crippen MR) is 99.9 cm³/mol. The third kappa shape index (κ3) is 5.53. The molecule has 1 aliphatic heterocycles. The minimum atomic E-state index is -0.616. The summed E-state index contributed by atoms with van der Waals surface area (Å²) >= 11 is 0. The molecular formula is C20H28N2O5. The second-order valence-corrected chi connectivity index (χ2v) is 6.70. The highest BCUT2D eigenvalue weighted by atomic mass is 16.5. The molecule has 0 spiro atoms.